The van der Waals surface area contributed by atoms with Crippen molar-refractivity contribution in [2.24, 2.45) is 0 Å². The molecule has 0 aliphatic carbocycles. The number of furan rings is 1. The zero-order valence-electron chi connectivity index (χ0n) is 11.0. The predicted octanol–water partition coefficient (Wildman–Crippen LogP) is 3.73. The number of rotatable bonds is 7. The second kappa shape index (κ2) is 7.34. The highest BCUT2D eigenvalue weighted by Crippen LogP contribution is 2.28. The van der Waals surface area contributed by atoms with Crippen LogP contribution in [0.15, 0.2) is 40.8 Å². The minimum Gasteiger partial charge on any atom is -0.460 e. The molecular formula is C15H18ClNO2. The topological polar surface area (TPSA) is 34.4 Å². The van der Waals surface area contributed by atoms with Gasteiger partial charge in [0.1, 0.15) is 11.5 Å². The molecule has 1 aromatic heterocycles. The van der Waals surface area contributed by atoms with Crippen molar-refractivity contribution in [2.75, 3.05) is 19.8 Å². The van der Waals surface area contributed by atoms with Crippen LogP contribution in [0.5, 0.6) is 0 Å². The Bertz CT molecular complexity index is 510. The molecule has 1 N–H and O–H groups in total. The molecule has 0 atom stereocenters. The molecule has 102 valence electrons. The maximum absolute atomic E-state index is 6.14. The zero-order valence-corrected chi connectivity index (χ0v) is 11.7. The van der Waals surface area contributed by atoms with Crippen LogP contribution in [-0.4, -0.2) is 19.8 Å². The summed E-state index contributed by atoms with van der Waals surface area (Å²) in [4.78, 5) is 0. The molecule has 0 spiro atoms. The quantitative estimate of drug-likeness (QED) is 0.784. The van der Waals surface area contributed by atoms with Crippen LogP contribution in [0.4, 0.5) is 0 Å². The highest BCUT2D eigenvalue weighted by Gasteiger charge is 2.07. The minimum atomic E-state index is 0.692. The van der Waals surface area contributed by atoms with Crippen molar-refractivity contribution in [1.82, 2.24) is 5.32 Å². The lowest BCUT2D eigenvalue weighted by Crippen LogP contribution is -2.18. The number of benzene rings is 1. The molecule has 0 fully saturated rings. The normalized spacial score (nSPS) is 10.8. The molecule has 1 heterocycles. The van der Waals surface area contributed by atoms with Gasteiger partial charge in [0.25, 0.3) is 0 Å². The maximum Gasteiger partial charge on any atom is 0.135 e. The van der Waals surface area contributed by atoms with Crippen molar-refractivity contribution in [2.45, 2.75) is 13.5 Å². The van der Waals surface area contributed by atoms with Gasteiger partial charge in [-0.1, -0.05) is 23.7 Å². The average molecular weight is 280 g/mol. The summed E-state index contributed by atoms with van der Waals surface area (Å²) in [6.45, 7) is 4.96. The molecule has 0 radical (unpaired) electrons. The minimum absolute atomic E-state index is 0.692. The fraction of sp³-hybridized carbons (Fsp3) is 0.333. The summed E-state index contributed by atoms with van der Waals surface area (Å²) >= 11 is 6.14. The van der Waals surface area contributed by atoms with Gasteiger partial charge >= 0.3 is 0 Å². The smallest absolute Gasteiger partial charge is 0.135 e. The lowest BCUT2D eigenvalue weighted by molar-refractivity contribution is 0.148. The maximum atomic E-state index is 6.14. The summed E-state index contributed by atoms with van der Waals surface area (Å²) in [6, 6.07) is 11.6. The number of ether oxygens (including phenoxy) is 1. The molecule has 0 bridgehead atoms. The molecule has 0 saturated carbocycles. The number of nitrogens with one attached hydrogen (secondary N) is 1. The van der Waals surface area contributed by atoms with Crippen LogP contribution in [0, 0.1) is 0 Å². The SMILES string of the molecule is CCOCCNCc1ccc(-c2ccccc2Cl)o1. The summed E-state index contributed by atoms with van der Waals surface area (Å²) in [5, 5.41) is 3.97. The van der Waals surface area contributed by atoms with E-state index in [1.165, 1.54) is 0 Å². The summed E-state index contributed by atoms with van der Waals surface area (Å²) < 4.78 is 11.0. The number of hydrogen-bond acceptors (Lipinski definition) is 3. The molecule has 2 aromatic rings. The first-order valence-corrected chi connectivity index (χ1v) is 6.81. The van der Waals surface area contributed by atoms with Crippen LogP contribution < -0.4 is 5.32 Å². The van der Waals surface area contributed by atoms with Gasteiger partial charge in [-0.3, -0.25) is 0 Å². The standard InChI is InChI=1S/C15H18ClNO2/c1-2-18-10-9-17-11-12-7-8-15(19-12)13-5-3-4-6-14(13)16/h3-8,17H,2,9-11H2,1H3. The first-order chi connectivity index (χ1) is 9.31. The summed E-state index contributed by atoms with van der Waals surface area (Å²) in [6.07, 6.45) is 0. The molecule has 1 aromatic carbocycles. The molecule has 0 unspecified atom stereocenters. The van der Waals surface area contributed by atoms with E-state index in [0.717, 1.165) is 30.2 Å². The highest BCUT2D eigenvalue weighted by molar-refractivity contribution is 6.33. The second-order valence-electron chi connectivity index (χ2n) is 4.12. The number of halogens is 1. The van der Waals surface area contributed by atoms with Crippen molar-refractivity contribution in [1.29, 1.82) is 0 Å². The Balaban J connectivity index is 1.91. The molecule has 0 aliphatic rings. The predicted molar refractivity (Wildman–Crippen MR) is 77.4 cm³/mol. The van der Waals surface area contributed by atoms with Gasteiger partial charge in [-0.25, -0.2) is 0 Å². The van der Waals surface area contributed by atoms with Crippen LogP contribution in [0.1, 0.15) is 12.7 Å². The molecule has 3 nitrogen and oxygen atoms in total. The van der Waals surface area contributed by atoms with E-state index in [2.05, 4.69) is 5.32 Å². The largest absolute Gasteiger partial charge is 0.460 e. The lowest BCUT2D eigenvalue weighted by atomic mass is 10.2. The molecule has 2 rings (SSSR count). The molecule has 4 heteroatoms. The highest BCUT2D eigenvalue weighted by atomic mass is 35.5. The van der Waals surface area contributed by atoms with Gasteiger partial charge in [0.05, 0.1) is 18.2 Å². The Morgan fingerprint density at radius 3 is 2.84 bits per heavy atom. The van der Waals surface area contributed by atoms with Crippen molar-refractivity contribution in [3.05, 3.63) is 47.2 Å². The molecule has 0 aliphatic heterocycles. The third-order valence-electron chi connectivity index (χ3n) is 2.73. The van der Waals surface area contributed by atoms with Crippen LogP contribution in [0.2, 0.25) is 5.02 Å². The Hall–Kier alpha value is -1.29. The first-order valence-electron chi connectivity index (χ1n) is 6.43. The van der Waals surface area contributed by atoms with Gasteiger partial charge in [0.15, 0.2) is 0 Å². The van der Waals surface area contributed by atoms with Crippen molar-refractivity contribution in [3.8, 4) is 11.3 Å². The first kappa shape index (κ1) is 14.1. The monoisotopic (exact) mass is 279 g/mol. The average Bonchev–Trinajstić information content (AvgIpc) is 2.88. The van der Waals surface area contributed by atoms with E-state index >= 15 is 0 Å². The van der Waals surface area contributed by atoms with Crippen molar-refractivity contribution in [3.63, 3.8) is 0 Å². The Labute approximate surface area is 118 Å². The van der Waals surface area contributed by atoms with E-state index < -0.39 is 0 Å². The Morgan fingerprint density at radius 2 is 2.05 bits per heavy atom. The number of hydrogen-bond donors (Lipinski definition) is 1. The summed E-state index contributed by atoms with van der Waals surface area (Å²) in [7, 11) is 0. The third-order valence-corrected chi connectivity index (χ3v) is 3.06. The van der Waals surface area contributed by atoms with E-state index in [9.17, 15) is 0 Å². The Morgan fingerprint density at radius 1 is 1.21 bits per heavy atom. The van der Waals surface area contributed by atoms with Crippen molar-refractivity contribution >= 4 is 11.6 Å². The summed E-state index contributed by atoms with van der Waals surface area (Å²) in [5.74, 6) is 1.69. The van der Waals surface area contributed by atoms with E-state index in [4.69, 9.17) is 20.8 Å². The molecular weight excluding hydrogens is 262 g/mol. The zero-order chi connectivity index (χ0) is 13.5. The van der Waals surface area contributed by atoms with Gasteiger partial charge in [0.2, 0.25) is 0 Å². The van der Waals surface area contributed by atoms with Crippen LogP contribution in [0.25, 0.3) is 11.3 Å². The fourth-order valence-corrected chi connectivity index (χ4v) is 2.01. The molecule has 0 saturated heterocycles. The molecule has 19 heavy (non-hydrogen) atoms. The van der Waals surface area contributed by atoms with E-state index in [1.807, 2.05) is 43.3 Å². The van der Waals surface area contributed by atoms with Gasteiger partial charge in [-0.2, -0.15) is 0 Å². The van der Waals surface area contributed by atoms with E-state index in [0.29, 0.717) is 18.2 Å². The van der Waals surface area contributed by atoms with Crippen molar-refractivity contribution < 1.29 is 9.15 Å². The van der Waals surface area contributed by atoms with Gasteiger partial charge in [0, 0.05) is 18.7 Å². The third kappa shape index (κ3) is 4.10. The second-order valence-corrected chi connectivity index (χ2v) is 4.53. The Kier molecular flexibility index (Phi) is 5.45. The van der Waals surface area contributed by atoms with Crippen LogP contribution in [0.3, 0.4) is 0 Å². The van der Waals surface area contributed by atoms with Gasteiger partial charge < -0.3 is 14.5 Å². The summed E-state index contributed by atoms with van der Waals surface area (Å²) in [5.41, 5.74) is 0.921. The van der Waals surface area contributed by atoms with E-state index in [1.54, 1.807) is 0 Å². The molecule has 0 amide bonds. The fourth-order valence-electron chi connectivity index (χ4n) is 1.78. The van der Waals surface area contributed by atoms with Crippen LogP contribution in [-0.2, 0) is 11.3 Å². The van der Waals surface area contributed by atoms with Gasteiger partial charge in [-0.15, -0.1) is 0 Å². The lowest BCUT2D eigenvalue weighted by Gasteiger charge is -2.03. The van der Waals surface area contributed by atoms with Crippen LogP contribution >= 0.6 is 11.6 Å². The van der Waals surface area contributed by atoms with E-state index in [-0.39, 0.29) is 0 Å². The van der Waals surface area contributed by atoms with Gasteiger partial charge in [-0.05, 0) is 31.2 Å².